The zero-order valence-electron chi connectivity index (χ0n) is 14.2. The van der Waals surface area contributed by atoms with Gasteiger partial charge in [0.15, 0.2) is 0 Å². The van der Waals surface area contributed by atoms with Gasteiger partial charge in [-0.2, -0.15) is 0 Å². The number of carbonyl (C=O) groups excluding carboxylic acids is 1. The van der Waals surface area contributed by atoms with Crippen molar-refractivity contribution in [3.8, 4) is 0 Å². The maximum atomic E-state index is 12.3. The molecule has 1 aliphatic rings. The highest BCUT2D eigenvalue weighted by Gasteiger charge is 2.17. The van der Waals surface area contributed by atoms with Gasteiger partial charge in [-0.1, -0.05) is 17.7 Å². The molecule has 1 N–H and O–H groups in total. The second kappa shape index (κ2) is 7.75. The predicted molar refractivity (Wildman–Crippen MR) is 90.4 cm³/mol. The van der Waals surface area contributed by atoms with Gasteiger partial charge in [0.25, 0.3) is 0 Å². The van der Waals surface area contributed by atoms with Crippen molar-refractivity contribution in [2.45, 2.75) is 46.1 Å². The van der Waals surface area contributed by atoms with Crippen molar-refractivity contribution in [2.24, 2.45) is 0 Å². The molecule has 22 heavy (non-hydrogen) atoms. The number of carbonyl (C=O) groups is 1. The fourth-order valence-electron chi connectivity index (χ4n) is 3.16. The molecule has 122 valence electrons. The van der Waals surface area contributed by atoms with E-state index >= 15 is 0 Å². The minimum Gasteiger partial charge on any atom is -0.377 e. The van der Waals surface area contributed by atoms with Crippen molar-refractivity contribution < 1.29 is 9.53 Å². The fourth-order valence-corrected chi connectivity index (χ4v) is 3.16. The molecule has 1 aliphatic heterocycles. The number of benzene rings is 1. The summed E-state index contributed by atoms with van der Waals surface area (Å²) in [6, 6.07) is 4.20. The first-order valence-corrected chi connectivity index (χ1v) is 8.13. The molecule has 1 heterocycles. The molecule has 1 amide bonds. The van der Waals surface area contributed by atoms with Gasteiger partial charge in [-0.3, -0.25) is 9.69 Å². The van der Waals surface area contributed by atoms with Crippen LogP contribution in [0.15, 0.2) is 12.1 Å². The molecule has 0 bridgehead atoms. The molecule has 0 radical (unpaired) electrons. The largest absolute Gasteiger partial charge is 0.377 e. The lowest BCUT2D eigenvalue weighted by Gasteiger charge is -2.27. The first-order chi connectivity index (χ1) is 10.5. The molecular formula is C18H28N2O2. The van der Waals surface area contributed by atoms with Gasteiger partial charge in [0.1, 0.15) is 0 Å². The topological polar surface area (TPSA) is 41.6 Å². The normalized spacial score (nSPS) is 18.5. The minimum absolute atomic E-state index is 0.0355. The summed E-state index contributed by atoms with van der Waals surface area (Å²) < 4.78 is 5.73. The lowest BCUT2D eigenvalue weighted by molar-refractivity contribution is -0.117. The quantitative estimate of drug-likeness (QED) is 0.909. The van der Waals surface area contributed by atoms with Crippen LogP contribution in [0, 0.1) is 20.8 Å². The van der Waals surface area contributed by atoms with Gasteiger partial charge in [0, 0.05) is 18.8 Å². The number of rotatable bonds is 5. The minimum atomic E-state index is 0.0355. The average molecular weight is 304 g/mol. The van der Waals surface area contributed by atoms with E-state index in [4.69, 9.17) is 4.74 Å². The number of amides is 1. The van der Waals surface area contributed by atoms with Crippen molar-refractivity contribution in [1.29, 1.82) is 0 Å². The van der Waals surface area contributed by atoms with Gasteiger partial charge in [0.2, 0.25) is 5.91 Å². The smallest absolute Gasteiger partial charge is 0.238 e. The molecular weight excluding hydrogens is 276 g/mol. The average Bonchev–Trinajstić information content (AvgIpc) is 2.43. The molecule has 0 unspecified atom stereocenters. The third-order valence-corrected chi connectivity index (χ3v) is 4.14. The van der Waals surface area contributed by atoms with Crippen molar-refractivity contribution in [3.63, 3.8) is 0 Å². The van der Waals surface area contributed by atoms with Crippen LogP contribution < -0.4 is 5.32 Å². The Bertz CT molecular complexity index is 499. The van der Waals surface area contributed by atoms with Crippen LogP contribution in [0.1, 0.15) is 36.0 Å². The standard InChI is InChI=1S/C18H28N2O2/c1-13-9-14(2)18(15(3)10-13)19-17(21)12-20(4)11-16-7-5-6-8-22-16/h9-10,16H,5-8,11-12H2,1-4H3,(H,19,21)/t16-/m1/s1. The van der Waals surface area contributed by atoms with Crippen LogP contribution in [-0.4, -0.2) is 43.7 Å². The van der Waals surface area contributed by atoms with Crippen LogP contribution >= 0.6 is 0 Å². The van der Waals surface area contributed by atoms with Crippen molar-refractivity contribution in [3.05, 3.63) is 28.8 Å². The molecule has 1 atom stereocenters. The van der Waals surface area contributed by atoms with Gasteiger partial charge >= 0.3 is 0 Å². The van der Waals surface area contributed by atoms with Crippen LogP contribution in [0.5, 0.6) is 0 Å². The van der Waals surface area contributed by atoms with Crippen molar-refractivity contribution in [2.75, 3.05) is 32.1 Å². The summed E-state index contributed by atoms with van der Waals surface area (Å²) in [4.78, 5) is 14.3. The zero-order valence-corrected chi connectivity index (χ0v) is 14.2. The number of nitrogens with zero attached hydrogens (tertiary/aromatic N) is 1. The molecule has 0 aromatic heterocycles. The predicted octanol–water partition coefficient (Wildman–Crippen LogP) is 3.05. The Morgan fingerprint density at radius 2 is 1.95 bits per heavy atom. The Morgan fingerprint density at radius 1 is 1.27 bits per heavy atom. The van der Waals surface area contributed by atoms with Crippen LogP contribution in [-0.2, 0) is 9.53 Å². The summed E-state index contributed by atoms with van der Waals surface area (Å²) in [6.07, 6.45) is 3.76. The molecule has 2 rings (SSSR count). The number of likely N-dealkylation sites (N-methyl/N-ethyl adjacent to an activating group) is 1. The number of hydrogen-bond acceptors (Lipinski definition) is 3. The maximum absolute atomic E-state index is 12.3. The van der Waals surface area contributed by atoms with Crippen molar-refractivity contribution in [1.82, 2.24) is 4.90 Å². The van der Waals surface area contributed by atoms with Gasteiger partial charge in [-0.25, -0.2) is 0 Å². The molecule has 4 heteroatoms. The Morgan fingerprint density at radius 3 is 2.55 bits per heavy atom. The van der Waals surface area contributed by atoms with Crippen molar-refractivity contribution >= 4 is 11.6 Å². The first-order valence-electron chi connectivity index (χ1n) is 8.13. The number of anilines is 1. The number of ether oxygens (including phenoxy) is 1. The van der Waals surface area contributed by atoms with E-state index in [2.05, 4.69) is 24.4 Å². The third kappa shape index (κ3) is 4.82. The summed E-state index contributed by atoms with van der Waals surface area (Å²) >= 11 is 0. The number of nitrogens with one attached hydrogen (secondary N) is 1. The summed E-state index contributed by atoms with van der Waals surface area (Å²) in [5.74, 6) is 0.0355. The van der Waals surface area contributed by atoms with E-state index in [0.717, 1.165) is 42.8 Å². The van der Waals surface area contributed by atoms with Crippen LogP contribution in [0.25, 0.3) is 0 Å². The van der Waals surface area contributed by atoms with E-state index in [1.165, 1.54) is 12.0 Å². The van der Waals surface area contributed by atoms with Gasteiger partial charge in [0.05, 0.1) is 12.6 Å². The Balaban J connectivity index is 1.87. The lowest BCUT2D eigenvalue weighted by atomic mass is 10.1. The highest BCUT2D eigenvalue weighted by Crippen LogP contribution is 2.21. The second-order valence-electron chi connectivity index (χ2n) is 6.51. The van der Waals surface area contributed by atoms with Gasteiger partial charge < -0.3 is 10.1 Å². The molecule has 1 aromatic carbocycles. The highest BCUT2D eigenvalue weighted by molar-refractivity contribution is 5.93. The van der Waals surface area contributed by atoms with Crippen LogP contribution in [0.3, 0.4) is 0 Å². The zero-order chi connectivity index (χ0) is 16.1. The third-order valence-electron chi connectivity index (χ3n) is 4.14. The molecule has 0 aliphatic carbocycles. The molecule has 4 nitrogen and oxygen atoms in total. The van der Waals surface area contributed by atoms with E-state index in [1.54, 1.807) is 0 Å². The van der Waals surface area contributed by atoms with Gasteiger partial charge in [-0.15, -0.1) is 0 Å². The molecule has 1 saturated heterocycles. The van der Waals surface area contributed by atoms with E-state index < -0.39 is 0 Å². The summed E-state index contributed by atoms with van der Waals surface area (Å²) in [5.41, 5.74) is 4.39. The molecule has 1 fully saturated rings. The van der Waals surface area contributed by atoms with Crippen LogP contribution in [0.4, 0.5) is 5.69 Å². The highest BCUT2D eigenvalue weighted by atomic mass is 16.5. The van der Waals surface area contributed by atoms with Gasteiger partial charge in [-0.05, 0) is 58.2 Å². The maximum Gasteiger partial charge on any atom is 0.238 e. The Hall–Kier alpha value is -1.39. The number of aryl methyl sites for hydroxylation is 3. The fraction of sp³-hybridized carbons (Fsp3) is 0.611. The SMILES string of the molecule is Cc1cc(C)c(NC(=O)CN(C)C[C@H]2CCCCO2)c(C)c1. The van der Waals surface area contributed by atoms with Crippen LogP contribution in [0.2, 0.25) is 0 Å². The van der Waals surface area contributed by atoms with E-state index in [0.29, 0.717) is 6.54 Å². The second-order valence-corrected chi connectivity index (χ2v) is 6.51. The molecule has 0 saturated carbocycles. The summed E-state index contributed by atoms with van der Waals surface area (Å²) in [6.45, 7) is 8.21. The Labute approximate surface area is 133 Å². The van der Waals surface area contributed by atoms with E-state index in [9.17, 15) is 4.79 Å². The summed E-state index contributed by atoms with van der Waals surface area (Å²) in [5, 5.41) is 3.05. The lowest BCUT2D eigenvalue weighted by Crippen LogP contribution is -2.38. The van der Waals surface area contributed by atoms with E-state index in [-0.39, 0.29) is 12.0 Å². The number of hydrogen-bond donors (Lipinski definition) is 1. The molecule has 1 aromatic rings. The first kappa shape index (κ1) is 17.0. The Kier molecular flexibility index (Phi) is 5.98. The molecule has 0 spiro atoms. The monoisotopic (exact) mass is 304 g/mol. The van der Waals surface area contributed by atoms with E-state index in [1.807, 2.05) is 25.8 Å². The summed E-state index contributed by atoms with van der Waals surface area (Å²) in [7, 11) is 1.98.